The molecule has 0 radical (unpaired) electrons. The van der Waals surface area contributed by atoms with Gasteiger partial charge in [0.2, 0.25) is 0 Å². The fourth-order valence-corrected chi connectivity index (χ4v) is 9.43. The maximum atomic E-state index is 13.2. The number of aliphatic hydroxyl groups is 2. The van der Waals surface area contributed by atoms with E-state index < -0.39 is 67.3 Å². The average Bonchev–Trinajstić information content (AvgIpc) is 3.42. The third-order valence-corrected chi connectivity index (χ3v) is 14.3. The van der Waals surface area contributed by atoms with Gasteiger partial charge in [-0.25, -0.2) is 4.79 Å². The summed E-state index contributed by atoms with van der Waals surface area (Å²) in [6.45, 7) is 5.93. The van der Waals surface area contributed by atoms with Gasteiger partial charge in [-0.05, 0) is 96.3 Å². The van der Waals surface area contributed by atoms with Crippen molar-refractivity contribution in [1.29, 1.82) is 0 Å². The van der Waals surface area contributed by atoms with Crippen LogP contribution in [0.3, 0.4) is 0 Å². The van der Waals surface area contributed by atoms with E-state index in [-0.39, 0.29) is 25.9 Å². The minimum atomic E-state index is -1.91. The summed E-state index contributed by atoms with van der Waals surface area (Å²) in [7, 11) is 0. The minimum absolute atomic E-state index is 0.0500. The predicted molar refractivity (Wildman–Crippen MR) is 312 cm³/mol. The van der Waals surface area contributed by atoms with Gasteiger partial charge in [-0.15, -0.1) is 0 Å². The molecule has 12 heteroatoms. The quantitative estimate of drug-likeness (QED) is 0.0228. The number of allylic oxidation sites excluding steroid dienone is 8. The van der Waals surface area contributed by atoms with Crippen molar-refractivity contribution in [1.82, 2.24) is 0 Å². The van der Waals surface area contributed by atoms with E-state index >= 15 is 0 Å². The van der Waals surface area contributed by atoms with Crippen LogP contribution in [-0.2, 0) is 42.9 Å². The summed E-state index contributed by atoms with van der Waals surface area (Å²) >= 11 is 0. The van der Waals surface area contributed by atoms with Crippen LogP contribution in [0.5, 0.6) is 0 Å². The number of hydrogen-bond acceptors (Lipinski definition) is 11. The third kappa shape index (κ3) is 43.2. The molecule has 0 aromatic rings. The molecule has 0 bridgehead atoms. The Labute approximate surface area is 469 Å². The lowest BCUT2D eigenvalue weighted by atomic mass is 9.98. The first-order valence-corrected chi connectivity index (χ1v) is 31.6. The molecule has 0 aromatic heterocycles. The molecule has 1 heterocycles. The van der Waals surface area contributed by atoms with Gasteiger partial charge in [0.25, 0.3) is 0 Å². The van der Waals surface area contributed by atoms with Gasteiger partial charge in [0, 0.05) is 19.3 Å². The lowest BCUT2D eigenvalue weighted by Gasteiger charge is -2.40. The highest BCUT2D eigenvalue weighted by Gasteiger charge is 2.50. The summed E-state index contributed by atoms with van der Waals surface area (Å²) in [5.41, 5.74) is 0. The van der Waals surface area contributed by atoms with Crippen LogP contribution in [0.1, 0.15) is 290 Å². The van der Waals surface area contributed by atoms with Gasteiger partial charge in [0.05, 0.1) is 6.61 Å². The Morgan fingerprint density at radius 2 is 0.792 bits per heavy atom. The summed E-state index contributed by atoms with van der Waals surface area (Å²) in [6, 6.07) is 0. The van der Waals surface area contributed by atoms with Crippen molar-refractivity contribution in [3.8, 4) is 0 Å². The van der Waals surface area contributed by atoms with Crippen molar-refractivity contribution in [2.24, 2.45) is 0 Å². The summed E-state index contributed by atoms with van der Waals surface area (Å²) < 4.78 is 28.5. The second kappa shape index (κ2) is 53.3. The highest BCUT2D eigenvalue weighted by atomic mass is 16.7. The van der Waals surface area contributed by atoms with Crippen molar-refractivity contribution in [3.05, 3.63) is 48.6 Å². The SMILES string of the molecule is CCCC/C=C\CCCCCCCC(=O)OC1C(OCC(COC(=O)CCCCCCCCCCC/C=C\CCCCCCCC)OC(=O)CCCCCCCCC/C=C\C/C=C\CCCCC)OC(C(=O)O)C(O)C1O. The van der Waals surface area contributed by atoms with Crippen molar-refractivity contribution in [3.63, 3.8) is 0 Å². The monoisotopic (exact) mass is 1090 g/mol. The van der Waals surface area contributed by atoms with Gasteiger partial charge < -0.3 is 39.0 Å². The van der Waals surface area contributed by atoms with Crippen LogP contribution in [0.25, 0.3) is 0 Å². The van der Waals surface area contributed by atoms with Crippen LogP contribution >= 0.6 is 0 Å². The van der Waals surface area contributed by atoms with Crippen LogP contribution < -0.4 is 0 Å². The van der Waals surface area contributed by atoms with E-state index in [2.05, 4.69) is 69.4 Å². The lowest BCUT2D eigenvalue weighted by molar-refractivity contribution is -0.301. The molecule has 12 nitrogen and oxygen atoms in total. The Kier molecular flexibility index (Phi) is 49.7. The van der Waals surface area contributed by atoms with Crippen molar-refractivity contribution in [2.75, 3.05) is 13.2 Å². The molecule has 1 aliphatic rings. The molecule has 0 saturated carbocycles. The Balaban J connectivity index is 2.65. The molecule has 6 atom stereocenters. The van der Waals surface area contributed by atoms with E-state index in [9.17, 15) is 34.5 Å². The molecule has 0 spiro atoms. The topological polar surface area (TPSA) is 175 Å². The molecule has 0 aliphatic carbocycles. The largest absolute Gasteiger partial charge is 0.479 e. The average molecular weight is 1090 g/mol. The molecular weight excluding hydrogens is 973 g/mol. The van der Waals surface area contributed by atoms with E-state index in [0.29, 0.717) is 19.3 Å². The molecule has 0 amide bonds. The lowest BCUT2D eigenvalue weighted by Crippen LogP contribution is -2.61. The maximum Gasteiger partial charge on any atom is 0.335 e. The second-order valence-corrected chi connectivity index (χ2v) is 21.7. The van der Waals surface area contributed by atoms with Gasteiger partial charge in [0.15, 0.2) is 24.6 Å². The Bertz CT molecular complexity index is 1520. The van der Waals surface area contributed by atoms with Crippen molar-refractivity contribution in [2.45, 2.75) is 327 Å². The number of rotatable bonds is 54. The first-order valence-electron chi connectivity index (χ1n) is 31.6. The van der Waals surface area contributed by atoms with E-state index in [4.69, 9.17) is 23.7 Å². The molecule has 6 unspecified atom stereocenters. The number of esters is 3. The van der Waals surface area contributed by atoms with Gasteiger partial charge in [0.1, 0.15) is 18.8 Å². The fourth-order valence-electron chi connectivity index (χ4n) is 9.43. The number of carbonyl (C=O) groups is 4. The number of aliphatic hydroxyl groups excluding tert-OH is 2. The maximum absolute atomic E-state index is 13.2. The van der Waals surface area contributed by atoms with Crippen molar-refractivity contribution >= 4 is 23.9 Å². The van der Waals surface area contributed by atoms with E-state index in [1.165, 1.54) is 135 Å². The normalized spacial score (nSPS) is 18.3. The molecule has 1 aliphatic heterocycles. The van der Waals surface area contributed by atoms with Gasteiger partial charge >= 0.3 is 23.9 Å². The Hall–Kier alpha value is -3.32. The molecule has 3 N–H and O–H groups in total. The highest BCUT2D eigenvalue weighted by Crippen LogP contribution is 2.27. The van der Waals surface area contributed by atoms with Gasteiger partial charge in [-0.3, -0.25) is 14.4 Å². The molecule has 446 valence electrons. The molecule has 77 heavy (non-hydrogen) atoms. The molecule has 1 rings (SSSR count). The van der Waals surface area contributed by atoms with Crippen LogP contribution in [-0.4, -0.2) is 89.2 Å². The number of hydrogen-bond donors (Lipinski definition) is 3. The first-order chi connectivity index (χ1) is 37.6. The summed E-state index contributed by atoms with van der Waals surface area (Å²) in [4.78, 5) is 51.2. The molecular formula is C65H114O12. The van der Waals surface area contributed by atoms with E-state index in [1.54, 1.807) is 0 Å². The predicted octanol–water partition coefficient (Wildman–Crippen LogP) is 16.6. The summed E-state index contributed by atoms with van der Waals surface area (Å²) in [5.74, 6) is -3.12. The number of ether oxygens (including phenoxy) is 5. The number of unbranched alkanes of at least 4 members (excludes halogenated alkanes) is 32. The van der Waals surface area contributed by atoms with E-state index in [0.717, 1.165) is 96.3 Å². The van der Waals surface area contributed by atoms with Crippen LogP contribution in [0.15, 0.2) is 48.6 Å². The highest BCUT2D eigenvalue weighted by molar-refractivity contribution is 5.74. The smallest absolute Gasteiger partial charge is 0.335 e. The first kappa shape index (κ1) is 71.7. The minimum Gasteiger partial charge on any atom is -0.479 e. The molecule has 1 saturated heterocycles. The molecule has 0 aromatic carbocycles. The molecule has 1 fully saturated rings. The number of carbonyl (C=O) groups excluding carboxylic acids is 3. The number of carboxylic acids is 1. The van der Waals surface area contributed by atoms with Crippen LogP contribution in [0, 0.1) is 0 Å². The van der Waals surface area contributed by atoms with Crippen LogP contribution in [0.4, 0.5) is 0 Å². The zero-order valence-corrected chi connectivity index (χ0v) is 49.2. The zero-order valence-electron chi connectivity index (χ0n) is 49.2. The third-order valence-electron chi connectivity index (χ3n) is 14.3. The van der Waals surface area contributed by atoms with Gasteiger partial charge in [-0.1, -0.05) is 223 Å². The van der Waals surface area contributed by atoms with Crippen molar-refractivity contribution < 1.29 is 58.2 Å². The van der Waals surface area contributed by atoms with E-state index in [1.807, 2.05) is 0 Å². The van der Waals surface area contributed by atoms with Gasteiger partial charge in [-0.2, -0.15) is 0 Å². The number of aliphatic carboxylic acids is 1. The number of carboxylic acid groups (broad SMARTS) is 1. The fraction of sp³-hybridized carbons (Fsp3) is 0.815. The van der Waals surface area contributed by atoms with Crippen LogP contribution in [0.2, 0.25) is 0 Å². The Morgan fingerprint density at radius 3 is 1.25 bits per heavy atom. The standard InChI is InChI=1S/C65H114O12/c1-4-7-10-13-16-19-22-24-26-28-29-31-32-34-37-39-42-45-48-51-57(66)73-54-56(75-58(67)52-49-46-43-41-38-35-33-30-27-25-23-20-17-14-11-8-5-2)55-74-65-63(61(70)60(69)62(77-65)64(71)72)76-59(68)53-50-47-44-40-36-21-18-15-12-9-6-3/h15,17-18,20,24-27,56,60-63,65,69-70H,4-14,16,19,21-23,28-55H2,1-3H3,(H,71,72)/b18-15-,20-17-,26-24-,27-25-. The second-order valence-electron chi connectivity index (χ2n) is 21.7. The Morgan fingerprint density at radius 1 is 0.429 bits per heavy atom. The summed E-state index contributed by atoms with van der Waals surface area (Å²) in [5, 5.41) is 31.5. The zero-order chi connectivity index (χ0) is 56.1. The summed E-state index contributed by atoms with van der Waals surface area (Å²) in [6.07, 6.45) is 52.2.